The maximum atomic E-state index is 9.62. The molecule has 0 spiro atoms. The van der Waals surface area contributed by atoms with E-state index in [9.17, 15) is 5.11 Å². The van der Waals surface area contributed by atoms with Crippen LogP contribution in [0.25, 0.3) is 0 Å². The Balaban J connectivity index is 1.96. The highest BCUT2D eigenvalue weighted by Gasteiger charge is 2.53. The van der Waals surface area contributed by atoms with Gasteiger partial charge >= 0.3 is 0 Å². The van der Waals surface area contributed by atoms with Crippen LogP contribution in [0.2, 0.25) is 0 Å². The van der Waals surface area contributed by atoms with Crippen molar-refractivity contribution in [3.05, 3.63) is 0 Å². The van der Waals surface area contributed by atoms with Gasteiger partial charge < -0.3 is 24.1 Å². The number of rotatable bonds is 8. The van der Waals surface area contributed by atoms with Crippen LogP contribution in [0.5, 0.6) is 0 Å². The lowest BCUT2D eigenvalue weighted by Gasteiger charge is -2.25. The summed E-state index contributed by atoms with van der Waals surface area (Å²) in [5.74, 6) is -1.31. The van der Waals surface area contributed by atoms with Crippen LogP contribution >= 0.6 is 0 Å². The van der Waals surface area contributed by atoms with Crippen LogP contribution in [-0.4, -0.2) is 47.7 Å². The monoisotopic (exact) mass is 330 g/mol. The van der Waals surface area contributed by atoms with E-state index >= 15 is 0 Å². The molecule has 0 radical (unpaired) electrons. The predicted octanol–water partition coefficient (Wildman–Crippen LogP) is 3.38. The fourth-order valence-corrected chi connectivity index (χ4v) is 3.60. The molecule has 0 aromatic carbocycles. The molecule has 0 bridgehead atoms. The topological polar surface area (TPSA) is 57.2 Å². The van der Waals surface area contributed by atoms with Crippen LogP contribution in [0.15, 0.2) is 0 Å². The van der Waals surface area contributed by atoms with Crippen LogP contribution in [0.4, 0.5) is 0 Å². The maximum absolute atomic E-state index is 9.62. The number of unbranched alkanes of at least 4 members (excludes halogenated alkanes) is 4. The lowest BCUT2D eigenvalue weighted by molar-refractivity contribution is -0.175. The van der Waals surface area contributed by atoms with Gasteiger partial charge in [0, 0.05) is 0 Å². The molecule has 5 heteroatoms. The molecule has 0 unspecified atom stereocenters. The summed E-state index contributed by atoms with van der Waals surface area (Å²) in [6, 6.07) is 0. The number of ether oxygens (including phenoxy) is 4. The van der Waals surface area contributed by atoms with Gasteiger partial charge in [-0.05, 0) is 34.1 Å². The van der Waals surface area contributed by atoms with E-state index in [2.05, 4.69) is 6.92 Å². The molecule has 2 heterocycles. The minimum Gasteiger partial charge on any atom is -0.394 e. The molecule has 0 amide bonds. The Kier molecular flexibility index (Phi) is 6.48. The molecule has 0 aromatic rings. The molecular formula is C18H34O5. The average Bonchev–Trinajstić information content (AvgIpc) is 2.94. The highest BCUT2D eigenvalue weighted by atomic mass is 16.8. The van der Waals surface area contributed by atoms with Crippen molar-refractivity contribution in [3.63, 3.8) is 0 Å². The Morgan fingerprint density at radius 2 is 1.26 bits per heavy atom. The first-order valence-corrected chi connectivity index (χ1v) is 9.10. The van der Waals surface area contributed by atoms with Crippen molar-refractivity contribution < 1.29 is 24.1 Å². The average molecular weight is 330 g/mol. The lowest BCUT2D eigenvalue weighted by atomic mass is 9.98. The first-order valence-electron chi connectivity index (χ1n) is 9.10. The summed E-state index contributed by atoms with van der Waals surface area (Å²) in [6.45, 7) is 9.77. The normalized spacial score (nSPS) is 35.7. The molecular weight excluding hydrogens is 296 g/mol. The third-order valence-electron chi connectivity index (χ3n) is 4.54. The van der Waals surface area contributed by atoms with E-state index in [1.54, 1.807) is 0 Å². The molecule has 0 aromatic heterocycles. The van der Waals surface area contributed by atoms with Crippen molar-refractivity contribution >= 4 is 0 Å². The van der Waals surface area contributed by atoms with Gasteiger partial charge in [-0.2, -0.15) is 0 Å². The molecule has 2 aliphatic heterocycles. The van der Waals surface area contributed by atoms with E-state index in [-0.39, 0.29) is 31.0 Å². The molecule has 23 heavy (non-hydrogen) atoms. The first kappa shape index (κ1) is 19.1. The first-order chi connectivity index (χ1) is 10.8. The van der Waals surface area contributed by atoms with Crippen LogP contribution in [0.1, 0.15) is 73.1 Å². The van der Waals surface area contributed by atoms with Gasteiger partial charge in [-0.25, -0.2) is 0 Å². The second kappa shape index (κ2) is 7.79. The minimum atomic E-state index is -0.695. The maximum Gasteiger partial charge on any atom is 0.164 e. The zero-order valence-electron chi connectivity index (χ0n) is 15.3. The highest BCUT2D eigenvalue weighted by Crippen LogP contribution is 2.39. The van der Waals surface area contributed by atoms with Gasteiger partial charge in [-0.1, -0.05) is 39.0 Å². The Hall–Kier alpha value is -0.200. The summed E-state index contributed by atoms with van der Waals surface area (Å²) < 4.78 is 24.0. The van der Waals surface area contributed by atoms with E-state index in [0.29, 0.717) is 0 Å². The Morgan fingerprint density at radius 3 is 1.83 bits per heavy atom. The number of hydrogen-bond donors (Lipinski definition) is 1. The third kappa shape index (κ3) is 5.13. The molecule has 2 rings (SSSR count). The van der Waals surface area contributed by atoms with E-state index in [1.807, 2.05) is 27.7 Å². The molecule has 2 saturated heterocycles. The Bertz CT molecular complexity index is 368. The van der Waals surface area contributed by atoms with E-state index in [4.69, 9.17) is 18.9 Å². The van der Waals surface area contributed by atoms with Gasteiger partial charge in [0.2, 0.25) is 0 Å². The van der Waals surface area contributed by atoms with Gasteiger partial charge in [0.1, 0.15) is 18.3 Å². The molecule has 1 N–H and O–H groups in total. The van der Waals surface area contributed by atoms with Crippen molar-refractivity contribution in [1.82, 2.24) is 0 Å². The SMILES string of the molecule is CCCCCCC[C@@H]1OC(C)(C)O[C@H]1[C@H]1OC(C)(C)O[C@@H]1CO. The number of hydrogen-bond acceptors (Lipinski definition) is 5. The van der Waals surface area contributed by atoms with Gasteiger partial charge in [-0.15, -0.1) is 0 Å². The van der Waals surface area contributed by atoms with E-state index < -0.39 is 11.6 Å². The quantitative estimate of drug-likeness (QED) is 0.691. The van der Waals surface area contributed by atoms with Crippen LogP contribution < -0.4 is 0 Å². The Morgan fingerprint density at radius 1 is 0.739 bits per heavy atom. The summed E-state index contributed by atoms with van der Waals surface area (Å²) in [6.07, 6.45) is 6.24. The Labute approximate surface area is 140 Å². The number of aliphatic hydroxyl groups is 1. The number of aliphatic hydroxyl groups excluding tert-OH is 1. The van der Waals surface area contributed by atoms with Crippen molar-refractivity contribution in [3.8, 4) is 0 Å². The molecule has 5 nitrogen and oxygen atoms in total. The molecule has 0 saturated carbocycles. The molecule has 2 aliphatic rings. The summed E-state index contributed by atoms with van der Waals surface area (Å²) in [7, 11) is 0. The zero-order chi connectivity index (χ0) is 17.1. The van der Waals surface area contributed by atoms with Gasteiger partial charge in [-0.3, -0.25) is 0 Å². The highest BCUT2D eigenvalue weighted by molar-refractivity contribution is 4.95. The molecule has 0 aliphatic carbocycles. The van der Waals surface area contributed by atoms with Crippen LogP contribution in [0.3, 0.4) is 0 Å². The fourth-order valence-electron chi connectivity index (χ4n) is 3.60. The summed E-state index contributed by atoms with van der Waals surface area (Å²) in [5.41, 5.74) is 0. The van der Waals surface area contributed by atoms with E-state index in [1.165, 1.54) is 25.7 Å². The van der Waals surface area contributed by atoms with Crippen molar-refractivity contribution in [2.24, 2.45) is 0 Å². The largest absolute Gasteiger partial charge is 0.394 e. The second-order valence-corrected chi connectivity index (χ2v) is 7.66. The van der Waals surface area contributed by atoms with Gasteiger partial charge in [0.05, 0.1) is 12.7 Å². The summed E-state index contributed by atoms with van der Waals surface area (Å²) in [4.78, 5) is 0. The van der Waals surface area contributed by atoms with Crippen LogP contribution in [-0.2, 0) is 18.9 Å². The third-order valence-corrected chi connectivity index (χ3v) is 4.54. The lowest BCUT2D eigenvalue weighted by Crippen LogP contribution is -2.43. The van der Waals surface area contributed by atoms with Crippen LogP contribution in [0, 0.1) is 0 Å². The zero-order valence-corrected chi connectivity index (χ0v) is 15.3. The predicted molar refractivity (Wildman–Crippen MR) is 88.1 cm³/mol. The van der Waals surface area contributed by atoms with Gasteiger partial charge in [0.15, 0.2) is 11.6 Å². The van der Waals surface area contributed by atoms with E-state index in [0.717, 1.165) is 12.8 Å². The van der Waals surface area contributed by atoms with Crippen molar-refractivity contribution in [1.29, 1.82) is 0 Å². The second-order valence-electron chi connectivity index (χ2n) is 7.66. The molecule has 4 atom stereocenters. The van der Waals surface area contributed by atoms with Crippen molar-refractivity contribution in [2.75, 3.05) is 6.61 Å². The summed E-state index contributed by atoms with van der Waals surface area (Å²) >= 11 is 0. The fraction of sp³-hybridized carbons (Fsp3) is 1.00. The molecule has 136 valence electrons. The van der Waals surface area contributed by atoms with Gasteiger partial charge in [0.25, 0.3) is 0 Å². The van der Waals surface area contributed by atoms with Crippen molar-refractivity contribution in [2.45, 2.75) is 109 Å². The smallest absolute Gasteiger partial charge is 0.164 e. The minimum absolute atomic E-state index is 0.0109. The standard InChI is InChI=1S/C18H34O5/c1-6-7-8-9-10-11-13-15(22-17(2,3)20-13)16-14(12-19)21-18(4,5)23-16/h13-16,19H,6-12H2,1-5H3/t13-,14+,15+,16-/m0/s1. The summed E-state index contributed by atoms with van der Waals surface area (Å²) in [5, 5.41) is 9.62. The molecule has 2 fully saturated rings.